The maximum atomic E-state index is 5.25. The molecule has 1 unspecified atom stereocenters. The molecular formula is C7H9OPS2. The van der Waals surface area contributed by atoms with E-state index in [4.69, 9.17) is 16.3 Å². The van der Waals surface area contributed by atoms with Gasteiger partial charge in [0.25, 0.3) is 0 Å². The molecule has 0 bridgehead atoms. The van der Waals surface area contributed by atoms with E-state index in [1.165, 1.54) is 5.56 Å². The van der Waals surface area contributed by atoms with Crippen LogP contribution in [0.3, 0.4) is 0 Å². The van der Waals surface area contributed by atoms with Crippen molar-refractivity contribution in [3.8, 4) is 5.75 Å². The molecule has 11 heavy (non-hydrogen) atoms. The molecule has 0 spiro atoms. The Bertz CT molecular complexity index is 258. The molecule has 1 aromatic rings. The lowest BCUT2D eigenvalue weighted by molar-refractivity contribution is 0.641. The summed E-state index contributed by atoms with van der Waals surface area (Å²) in [4.78, 5) is 0. The summed E-state index contributed by atoms with van der Waals surface area (Å²) in [5.41, 5.74) is 1.22. The standard InChI is InChI=1S/C7H9OPS2/c1-6-2-4-7(5-3-6)8-9(10)11/h2-5,9H,1H3,(H,10,11). The lowest BCUT2D eigenvalue weighted by Crippen LogP contribution is -1.76. The molecule has 0 amide bonds. The highest BCUT2D eigenvalue weighted by Gasteiger charge is 1.91. The second-order valence-electron chi connectivity index (χ2n) is 2.18. The van der Waals surface area contributed by atoms with Crippen molar-refractivity contribution in [1.29, 1.82) is 0 Å². The molecule has 0 aromatic heterocycles. The molecule has 0 aliphatic rings. The topological polar surface area (TPSA) is 9.23 Å². The average molecular weight is 204 g/mol. The van der Waals surface area contributed by atoms with E-state index >= 15 is 0 Å². The summed E-state index contributed by atoms with van der Waals surface area (Å²) in [5.74, 6) is 0.814. The Hall–Kier alpha value is 0.0200. The Balaban J connectivity index is 2.74. The minimum absolute atomic E-state index is 0.814. The monoisotopic (exact) mass is 204 g/mol. The molecule has 0 aliphatic carbocycles. The molecule has 0 N–H and O–H groups in total. The number of aryl methyl sites for hydroxylation is 1. The predicted molar refractivity (Wildman–Crippen MR) is 56.5 cm³/mol. The summed E-state index contributed by atoms with van der Waals surface area (Å²) in [6.45, 7) is 2.03. The van der Waals surface area contributed by atoms with Crippen molar-refractivity contribution in [1.82, 2.24) is 0 Å². The van der Waals surface area contributed by atoms with Gasteiger partial charge in [-0.3, -0.25) is 0 Å². The Morgan fingerprint density at radius 3 is 2.36 bits per heavy atom. The molecule has 0 fully saturated rings. The molecule has 4 heteroatoms. The maximum absolute atomic E-state index is 5.25. The molecule has 0 saturated carbocycles. The predicted octanol–water partition coefficient (Wildman–Crippen LogP) is 2.81. The molecule has 1 nitrogen and oxygen atoms in total. The van der Waals surface area contributed by atoms with Gasteiger partial charge >= 0.3 is 0 Å². The van der Waals surface area contributed by atoms with Crippen molar-refractivity contribution in [3.05, 3.63) is 29.8 Å². The molecule has 1 rings (SSSR count). The SMILES string of the molecule is Cc1ccc(O[PH](=S)S)cc1. The second kappa shape index (κ2) is 4.15. The molecule has 60 valence electrons. The number of rotatable bonds is 2. The van der Waals surface area contributed by atoms with Crippen LogP contribution in [-0.2, 0) is 11.8 Å². The van der Waals surface area contributed by atoms with Crippen LogP contribution in [0.2, 0.25) is 0 Å². The van der Waals surface area contributed by atoms with Crippen molar-refractivity contribution in [3.63, 3.8) is 0 Å². The van der Waals surface area contributed by atoms with Crippen LogP contribution in [-0.4, -0.2) is 0 Å². The first kappa shape index (κ1) is 9.11. The van der Waals surface area contributed by atoms with Gasteiger partial charge in [0.1, 0.15) is 5.75 Å². The van der Waals surface area contributed by atoms with Crippen LogP contribution in [0.4, 0.5) is 0 Å². The fourth-order valence-electron chi connectivity index (χ4n) is 0.707. The quantitative estimate of drug-likeness (QED) is 0.586. The molecule has 0 radical (unpaired) electrons. The minimum Gasteiger partial charge on any atom is -0.460 e. The van der Waals surface area contributed by atoms with Gasteiger partial charge in [-0.05, 0) is 30.9 Å². The highest BCUT2D eigenvalue weighted by atomic mass is 32.9. The first-order valence-corrected chi connectivity index (χ1v) is 6.99. The molecule has 1 aromatic carbocycles. The Labute approximate surface area is 77.4 Å². The van der Waals surface area contributed by atoms with Crippen molar-refractivity contribution < 1.29 is 4.52 Å². The number of hydrogen-bond donors (Lipinski definition) is 1. The first-order valence-electron chi connectivity index (χ1n) is 3.16. The Morgan fingerprint density at radius 2 is 1.91 bits per heavy atom. The van der Waals surface area contributed by atoms with Crippen LogP contribution in [0, 0.1) is 6.92 Å². The van der Waals surface area contributed by atoms with E-state index in [9.17, 15) is 0 Å². The molecule has 0 aliphatic heterocycles. The van der Waals surface area contributed by atoms with E-state index in [1.807, 2.05) is 31.2 Å². The van der Waals surface area contributed by atoms with Gasteiger partial charge in [0.2, 0.25) is 0 Å². The maximum Gasteiger partial charge on any atom is 0.153 e. The van der Waals surface area contributed by atoms with E-state index in [0.717, 1.165) is 5.75 Å². The summed E-state index contributed by atoms with van der Waals surface area (Å²) in [7, 11) is 0. The van der Waals surface area contributed by atoms with E-state index in [0.29, 0.717) is 0 Å². The highest BCUT2D eigenvalue weighted by molar-refractivity contribution is 8.54. The van der Waals surface area contributed by atoms with Crippen LogP contribution in [0.25, 0.3) is 0 Å². The van der Waals surface area contributed by atoms with Gasteiger partial charge in [0.05, 0.1) is 0 Å². The van der Waals surface area contributed by atoms with Gasteiger partial charge in [0.15, 0.2) is 6.13 Å². The molecule has 0 heterocycles. The van der Waals surface area contributed by atoms with Gasteiger partial charge < -0.3 is 4.52 Å². The zero-order chi connectivity index (χ0) is 8.27. The number of hydrogen-bond acceptors (Lipinski definition) is 2. The van der Waals surface area contributed by atoms with Crippen molar-refractivity contribution in [2.24, 2.45) is 0 Å². The van der Waals surface area contributed by atoms with Gasteiger partial charge in [-0.15, -0.1) is 12.2 Å². The summed E-state index contributed by atoms with van der Waals surface area (Å²) in [6, 6.07) is 7.79. The highest BCUT2D eigenvalue weighted by Crippen LogP contribution is 2.30. The average Bonchev–Trinajstić information content (AvgIpc) is 1.93. The summed E-state index contributed by atoms with van der Waals surface area (Å²) in [5, 5.41) is 0. The van der Waals surface area contributed by atoms with E-state index < -0.39 is 6.13 Å². The van der Waals surface area contributed by atoms with Crippen molar-refractivity contribution in [2.45, 2.75) is 6.92 Å². The lowest BCUT2D eigenvalue weighted by Gasteiger charge is -2.02. The third-order valence-corrected chi connectivity index (χ3v) is 2.16. The van der Waals surface area contributed by atoms with Crippen LogP contribution >= 0.6 is 18.4 Å². The molecular weight excluding hydrogens is 195 g/mol. The van der Waals surface area contributed by atoms with Crippen LogP contribution in [0.5, 0.6) is 5.75 Å². The third kappa shape index (κ3) is 3.28. The summed E-state index contributed by atoms with van der Waals surface area (Å²) < 4.78 is 5.25. The van der Waals surface area contributed by atoms with Crippen LogP contribution in [0.1, 0.15) is 5.56 Å². The van der Waals surface area contributed by atoms with E-state index in [1.54, 1.807) is 0 Å². The van der Waals surface area contributed by atoms with Crippen molar-refractivity contribution >= 4 is 30.2 Å². The van der Waals surface area contributed by atoms with E-state index in [-0.39, 0.29) is 0 Å². The zero-order valence-corrected chi connectivity index (χ0v) is 8.78. The fourth-order valence-corrected chi connectivity index (χ4v) is 1.65. The van der Waals surface area contributed by atoms with E-state index in [2.05, 4.69) is 12.2 Å². The van der Waals surface area contributed by atoms with Crippen LogP contribution < -0.4 is 4.52 Å². The fraction of sp³-hybridized carbons (Fsp3) is 0.143. The zero-order valence-electron chi connectivity index (χ0n) is 6.07. The largest absolute Gasteiger partial charge is 0.460 e. The third-order valence-electron chi connectivity index (χ3n) is 1.23. The Kier molecular flexibility index (Phi) is 3.44. The second-order valence-corrected chi connectivity index (χ2v) is 6.16. The summed E-state index contributed by atoms with van der Waals surface area (Å²) in [6.07, 6.45) is -1.32. The van der Waals surface area contributed by atoms with Gasteiger partial charge in [-0.1, -0.05) is 17.7 Å². The molecule has 0 saturated heterocycles. The van der Waals surface area contributed by atoms with Gasteiger partial charge in [-0.2, -0.15) is 0 Å². The van der Waals surface area contributed by atoms with Gasteiger partial charge in [0, 0.05) is 0 Å². The smallest absolute Gasteiger partial charge is 0.153 e. The van der Waals surface area contributed by atoms with Crippen LogP contribution in [0.15, 0.2) is 24.3 Å². The summed E-state index contributed by atoms with van der Waals surface area (Å²) >= 11 is 8.87. The normalized spacial score (nSPS) is 12.5. The minimum atomic E-state index is -1.32. The lowest BCUT2D eigenvalue weighted by atomic mass is 10.2. The van der Waals surface area contributed by atoms with Crippen molar-refractivity contribution in [2.75, 3.05) is 0 Å². The number of thiol groups is 1. The Morgan fingerprint density at radius 1 is 1.36 bits per heavy atom. The number of benzene rings is 1. The first-order chi connectivity index (χ1) is 5.18. The molecule has 1 atom stereocenters. The van der Waals surface area contributed by atoms with Gasteiger partial charge in [-0.25, -0.2) is 0 Å².